The average Bonchev–Trinajstić information content (AvgIpc) is 3.10. The number of thiophene rings is 1. The number of hydrogen-bond acceptors (Lipinski definition) is 5. The summed E-state index contributed by atoms with van der Waals surface area (Å²) in [7, 11) is -1.11. The van der Waals surface area contributed by atoms with Gasteiger partial charge in [-0.1, -0.05) is 19.6 Å². The number of fused-ring (bicyclic) bond motifs is 3. The molecule has 0 unspecified atom stereocenters. The summed E-state index contributed by atoms with van der Waals surface area (Å²) in [4.78, 5) is 12.7. The Morgan fingerprint density at radius 3 is 2.91 bits per heavy atom. The van der Waals surface area contributed by atoms with Crippen molar-refractivity contribution < 1.29 is 14.3 Å². The summed E-state index contributed by atoms with van der Waals surface area (Å²) < 4.78 is 11.7. The number of nitrogens with one attached hydrogen (secondary N) is 1. The van der Waals surface area contributed by atoms with Gasteiger partial charge in [-0.15, -0.1) is 11.3 Å². The van der Waals surface area contributed by atoms with Gasteiger partial charge in [0, 0.05) is 30.2 Å². The molecule has 122 valence electrons. The standard InChI is InChI=1S/C16H20N2O3SSi/c1-23(2,3)7-6-20-10-21-16(19)15-8-11-12-9-17-18-13(12)4-5-14(11)22-15/h4-5,8-9H,6-7,10H2,1-3H3,(H,17,18). The average molecular weight is 348 g/mol. The maximum absolute atomic E-state index is 12.1. The lowest BCUT2D eigenvalue weighted by Gasteiger charge is -2.15. The van der Waals surface area contributed by atoms with Crippen molar-refractivity contribution in [2.24, 2.45) is 0 Å². The summed E-state index contributed by atoms with van der Waals surface area (Å²) in [5.74, 6) is -0.337. The molecule has 23 heavy (non-hydrogen) atoms. The van der Waals surface area contributed by atoms with Crippen molar-refractivity contribution in [3.63, 3.8) is 0 Å². The smallest absolute Gasteiger partial charge is 0.350 e. The van der Waals surface area contributed by atoms with Crippen LogP contribution >= 0.6 is 11.3 Å². The van der Waals surface area contributed by atoms with E-state index in [2.05, 4.69) is 29.8 Å². The van der Waals surface area contributed by atoms with E-state index in [9.17, 15) is 4.79 Å². The van der Waals surface area contributed by atoms with Crippen molar-refractivity contribution in [2.45, 2.75) is 25.7 Å². The van der Waals surface area contributed by atoms with Gasteiger partial charge in [-0.25, -0.2) is 4.79 Å². The van der Waals surface area contributed by atoms with Gasteiger partial charge in [-0.3, -0.25) is 5.10 Å². The second-order valence-corrected chi connectivity index (χ2v) is 13.4. The van der Waals surface area contributed by atoms with Gasteiger partial charge < -0.3 is 9.47 Å². The predicted octanol–water partition coefficient (Wildman–Crippen LogP) is 4.25. The van der Waals surface area contributed by atoms with E-state index in [-0.39, 0.29) is 12.8 Å². The fourth-order valence-corrected chi connectivity index (χ4v) is 3.97. The SMILES string of the molecule is C[Si](C)(C)CCOCOC(=O)c1cc2c(ccc3[nH]ncc32)s1. The maximum Gasteiger partial charge on any atom is 0.350 e. The largest absolute Gasteiger partial charge is 0.434 e. The third-order valence-corrected chi connectivity index (χ3v) is 6.38. The Balaban J connectivity index is 1.62. The first-order valence-corrected chi connectivity index (χ1v) is 12.1. The molecular formula is C16H20N2O3SSi. The predicted molar refractivity (Wildman–Crippen MR) is 95.9 cm³/mol. The van der Waals surface area contributed by atoms with E-state index in [1.807, 2.05) is 18.2 Å². The summed E-state index contributed by atoms with van der Waals surface area (Å²) in [5, 5.41) is 9.01. The van der Waals surface area contributed by atoms with Crippen LogP contribution in [-0.4, -0.2) is 37.6 Å². The molecule has 2 heterocycles. The van der Waals surface area contributed by atoms with Gasteiger partial charge in [0.15, 0.2) is 6.79 Å². The number of H-pyrrole nitrogens is 1. The second kappa shape index (κ2) is 6.43. The molecule has 0 fully saturated rings. The summed E-state index contributed by atoms with van der Waals surface area (Å²) in [6.45, 7) is 7.52. The highest BCUT2D eigenvalue weighted by Gasteiger charge is 2.15. The van der Waals surface area contributed by atoms with Crippen LogP contribution in [0.4, 0.5) is 0 Å². The maximum atomic E-state index is 12.1. The van der Waals surface area contributed by atoms with Gasteiger partial charge >= 0.3 is 5.97 Å². The van der Waals surface area contributed by atoms with Gasteiger partial charge in [-0.05, 0) is 24.2 Å². The molecule has 0 radical (unpaired) electrons. The van der Waals surface area contributed by atoms with Crippen LogP contribution in [0.25, 0.3) is 21.0 Å². The van der Waals surface area contributed by atoms with Gasteiger partial charge in [0.1, 0.15) is 4.88 Å². The van der Waals surface area contributed by atoms with Crippen LogP contribution in [0.15, 0.2) is 24.4 Å². The van der Waals surface area contributed by atoms with E-state index in [1.165, 1.54) is 11.3 Å². The van der Waals surface area contributed by atoms with E-state index in [0.717, 1.165) is 27.0 Å². The molecule has 0 saturated heterocycles. The van der Waals surface area contributed by atoms with Crippen molar-refractivity contribution in [1.29, 1.82) is 0 Å². The number of carbonyl (C=O) groups is 1. The van der Waals surface area contributed by atoms with Crippen LogP contribution in [-0.2, 0) is 9.47 Å². The monoisotopic (exact) mass is 348 g/mol. The Morgan fingerprint density at radius 1 is 1.30 bits per heavy atom. The summed E-state index contributed by atoms with van der Waals surface area (Å²) in [6.07, 6.45) is 1.78. The first-order chi connectivity index (χ1) is 10.9. The van der Waals surface area contributed by atoms with Crippen molar-refractivity contribution in [1.82, 2.24) is 10.2 Å². The molecule has 1 aromatic carbocycles. The molecule has 2 aromatic heterocycles. The number of benzene rings is 1. The number of ether oxygens (including phenoxy) is 2. The van der Waals surface area contributed by atoms with Gasteiger partial charge in [-0.2, -0.15) is 5.10 Å². The first-order valence-electron chi connectivity index (χ1n) is 7.54. The van der Waals surface area contributed by atoms with E-state index >= 15 is 0 Å². The zero-order chi connectivity index (χ0) is 16.4. The molecule has 5 nitrogen and oxygen atoms in total. The minimum atomic E-state index is -1.11. The number of carbonyl (C=O) groups excluding carboxylic acids is 1. The van der Waals surface area contributed by atoms with Crippen LogP contribution < -0.4 is 0 Å². The molecule has 0 aliphatic rings. The summed E-state index contributed by atoms with van der Waals surface area (Å²) in [5.41, 5.74) is 0.963. The van der Waals surface area contributed by atoms with Crippen molar-refractivity contribution in [3.05, 3.63) is 29.3 Å². The molecule has 1 N–H and O–H groups in total. The third kappa shape index (κ3) is 3.80. The molecule has 0 aliphatic carbocycles. The zero-order valence-corrected chi connectivity index (χ0v) is 15.3. The number of aromatic nitrogens is 2. The molecule has 0 aliphatic heterocycles. The molecule has 0 spiro atoms. The molecule has 0 atom stereocenters. The van der Waals surface area contributed by atoms with E-state index in [4.69, 9.17) is 9.47 Å². The van der Waals surface area contributed by atoms with Gasteiger partial charge in [0.05, 0.1) is 11.7 Å². The molecule has 0 amide bonds. The lowest BCUT2D eigenvalue weighted by atomic mass is 10.2. The minimum absolute atomic E-state index is 0.0126. The van der Waals surface area contributed by atoms with Crippen LogP contribution in [0, 0.1) is 0 Å². The lowest BCUT2D eigenvalue weighted by Crippen LogP contribution is -2.22. The second-order valence-electron chi connectivity index (χ2n) is 6.69. The van der Waals surface area contributed by atoms with Crippen LogP contribution in [0.3, 0.4) is 0 Å². The number of hydrogen-bond donors (Lipinski definition) is 1. The lowest BCUT2D eigenvalue weighted by molar-refractivity contribution is -0.0272. The number of nitrogens with zero attached hydrogens (tertiary/aromatic N) is 1. The minimum Gasteiger partial charge on any atom is -0.434 e. The van der Waals surface area contributed by atoms with Crippen molar-refractivity contribution >= 4 is 46.4 Å². The Morgan fingerprint density at radius 2 is 2.13 bits per heavy atom. The number of aromatic amines is 1. The molecule has 3 rings (SSSR count). The highest BCUT2D eigenvalue weighted by atomic mass is 32.1. The van der Waals surface area contributed by atoms with E-state index in [1.54, 1.807) is 6.20 Å². The van der Waals surface area contributed by atoms with E-state index < -0.39 is 8.07 Å². The number of rotatable bonds is 6. The van der Waals surface area contributed by atoms with Crippen molar-refractivity contribution in [3.8, 4) is 0 Å². The van der Waals surface area contributed by atoms with Crippen LogP contribution in [0.1, 0.15) is 9.67 Å². The molecule has 0 bridgehead atoms. The third-order valence-electron chi connectivity index (χ3n) is 3.59. The number of esters is 1. The fourth-order valence-electron chi connectivity index (χ4n) is 2.24. The van der Waals surface area contributed by atoms with Gasteiger partial charge in [0.25, 0.3) is 0 Å². The van der Waals surface area contributed by atoms with Crippen LogP contribution in [0.5, 0.6) is 0 Å². The zero-order valence-electron chi connectivity index (χ0n) is 13.5. The molecule has 0 saturated carbocycles. The van der Waals surface area contributed by atoms with Gasteiger partial charge in [0.2, 0.25) is 0 Å². The molecule has 7 heteroatoms. The highest BCUT2D eigenvalue weighted by molar-refractivity contribution is 7.20. The fraction of sp³-hybridized carbons (Fsp3) is 0.375. The highest BCUT2D eigenvalue weighted by Crippen LogP contribution is 2.31. The van der Waals surface area contributed by atoms with Crippen LogP contribution in [0.2, 0.25) is 25.7 Å². The summed E-state index contributed by atoms with van der Waals surface area (Å²) in [6, 6.07) is 6.88. The Kier molecular flexibility index (Phi) is 4.52. The Bertz CT molecular complexity index is 835. The van der Waals surface area contributed by atoms with E-state index in [0.29, 0.717) is 11.5 Å². The molecule has 3 aromatic rings. The molecular weight excluding hydrogens is 328 g/mol. The first kappa shape index (κ1) is 16.2. The van der Waals surface area contributed by atoms with Crippen molar-refractivity contribution in [2.75, 3.05) is 13.4 Å². The topological polar surface area (TPSA) is 64.2 Å². The Hall–Kier alpha value is -1.70. The normalized spacial score (nSPS) is 12.1. The Labute approximate surface area is 139 Å². The quantitative estimate of drug-likeness (QED) is 0.313. The summed E-state index contributed by atoms with van der Waals surface area (Å²) >= 11 is 1.43.